The Balaban J connectivity index is 1.54. The number of piperidine rings is 1. The topological polar surface area (TPSA) is 32.3 Å². The molecule has 1 N–H and O–H groups in total. The van der Waals surface area contributed by atoms with Gasteiger partial charge in [0.1, 0.15) is 0 Å². The van der Waals surface area contributed by atoms with E-state index < -0.39 is 0 Å². The Morgan fingerprint density at radius 1 is 1.27 bits per heavy atom. The standard InChI is InChI=1S/C18H28N2OS/c1-2-10-20-11-8-15(9-12-20)19-18(21)17-13-14-6-4-3-5-7-16(14)22-17/h13,15H,2-12H2,1H3,(H,19,21). The predicted molar refractivity (Wildman–Crippen MR) is 92.8 cm³/mol. The molecule has 1 fully saturated rings. The van der Waals surface area contributed by atoms with E-state index in [0.717, 1.165) is 37.2 Å². The molecule has 0 spiro atoms. The number of likely N-dealkylation sites (tertiary alicyclic amines) is 1. The predicted octanol–water partition coefficient (Wildman–Crippen LogP) is 3.62. The van der Waals surface area contributed by atoms with E-state index >= 15 is 0 Å². The number of nitrogens with zero attached hydrogens (tertiary/aromatic N) is 1. The maximum Gasteiger partial charge on any atom is 0.261 e. The zero-order valence-electron chi connectivity index (χ0n) is 13.7. The van der Waals surface area contributed by atoms with Gasteiger partial charge < -0.3 is 10.2 Å². The Kier molecular flexibility index (Phi) is 5.53. The molecule has 0 atom stereocenters. The van der Waals surface area contributed by atoms with E-state index in [1.165, 1.54) is 49.1 Å². The summed E-state index contributed by atoms with van der Waals surface area (Å²) in [4.78, 5) is 17.4. The lowest BCUT2D eigenvalue weighted by atomic mass is 10.0. The molecule has 1 aromatic rings. The Bertz CT molecular complexity index is 480. The number of thiophene rings is 1. The summed E-state index contributed by atoms with van der Waals surface area (Å²) >= 11 is 1.73. The molecule has 1 aliphatic heterocycles. The minimum Gasteiger partial charge on any atom is -0.349 e. The van der Waals surface area contributed by atoms with Crippen LogP contribution in [0.3, 0.4) is 0 Å². The highest BCUT2D eigenvalue weighted by molar-refractivity contribution is 7.14. The van der Waals surface area contributed by atoms with Gasteiger partial charge in [0.05, 0.1) is 4.88 Å². The first-order chi connectivity index (χ1) is 10.8. The minimum absolute atomic E-state index is 0.159. The molecule has 1 aliphatic carbocycles. The molecule has 3 rings (SSSR count). The largest absolute Gasteiger partial charge is 0.349 e. The molecule has 0 saturated carbocycles. The number of fused-ring (bicyclic) bond motifs is 1. The Labute approximate surface area is 138 Å². The Morgan fingerprint density at radius 3 is 2.82 bits per heavy atom. The summed E-state index contributed by atoms with van der Waals surface area (Å²) < 4.78 is 0. The van der Waals surface area contributed by atoms with Crippen LogP contribution in [0.5, 0.6) is 0 Å². The number of nitrogens with one attached hydrogen (secondary N) is 1. The van der Waals surface area contributed by atoms with Crippen molar-refractivity contribution in [1.82, 2.24) is 10.2 Å². The van der Waals surface area contributed by atoms with Crippen molar-refractivity contribution in [3.8, 4) is 0 Å². The third kappa shape index (κ3) is 3.90. The molecule has 2 heterocycles. The summed E-state index contributed by atoms with van der Waals surface area (Å²) in [5, 5.41) is 3.27. The highest BCUT2D eigenvalue weighted by Crippen LogP contribution is 2.29. The molecule has 122 valence electrons. The van der Waals surface area contributed by atoms with Crippen molar-refractivity contribution >= 4 is 17.2 Å². The summed E-state index contributed by atoms with van der Waals surface area (Å²) in [5.41, 5.74) is 1.44. The smallest absolute Gasteiger partial charge is 0.261 e. The average molecular weight is 321 g/mol. The van der Waals surface area contributed by atoms with E-state index in [4.69, 9.17) is 0 Å². The number of hydrogen-bond acceptors (Lipinski definition) is 3. The van der Waals surface area contributed by atoms with Crippen LogP contribution in [0.1, 0.15) is 65.6 Å². The first-order valence-corrected chi connectivity index (χ1v) is 9.72. The van der Waals surface area contributed by atoms with Gasteiger partial charge in [-0.15, -0.1) is 11.3 Å². The van der Waals surface area contributed by atoms with Crippen molar-refractivity contribution in [2.45, 2.75) is 64.3 Å². The quantitative estimate of drug-likeness (QED) is 0.859. The van der Waals surface area contributed by atoms with Crippen molar-refractivity contribution in [2.75, 3.05) is 19.6 Å². The first-order valence-electron chi connectivity index (χ1n) is 8.91. The molecule has 1 saturated heterocycles. The minimum atomic E-state index is 0.159. The van der Waals surface area contributed by atoms with Gasteiger partial charge in [0.2, 0.25) is 0 Å². The third-order valence-electron chi connectivity index (χ3n) is 4.93. The third-order valence-corrected chi connectivity index (χ3v) is 6.17. The molecule has 0 bridgehead atoms. The van der Waals surface area contributed by atoms with Gasteiger partial charge in [-0.2, -0.15) is 0 Å². The second kappa shape index (κ2) is 7.60. The fourth-order valence-corrected chi connectivity index (χ4v) is 4.81. The molecule has 0 unspecified atom stereocenters. The fourth-order valence-electron chi connectivity index (χ4n) is 3.65. The van der Waals surface area contributed by atoms with Crippen LogP contribution in [-0.4, -0.2) is 36.5 Å². The zero-order chi connectivity index (χ0) is 15.4. The van der Waals surface area contributed by atoms with Gasteiger partial charge in [0, 0.05) is 24.0 Å². The van der Waals surface area contributed by atoms with Crippen molar-refractivity contribution < 1.29 is 4.79 Å². The fraction of sp³-hybridized carbons (Fsp3) is 0.722. The van der Waals surface area contributed by atoms with Gasteiger partial charge in [-0.3, -0.25) is 4.79 Å². The summed E-state index contributed by atoms with van der Waals surface area (Å²) in [6.07, 6.45) is 9.63. The van der Waals surface area contributed by atoms with E-state index in [1.54, 1.807) is 11.3 Å². The van der Waals surface area contributed by atoms with E-state index in [9.17, 15) is 4.79 Å². The first kappa shape index (κ1) is 16.0. The summed E-state index contributed by atoms with van der Waals surface area (Å²) in [6.45, 7) is 5.67. The SMILES string of the molecule is CCCN1CCC(NC(=O)c2cc3c(s2)CCCCC3)CC1. The van der Waals surface area contributed by atoms with Crippen LogP contribution >= 0.6 is 11.3 Å². The van der Waals surface area contributed by atoms with Gasteiger partial charge in [-0.1, -0.05) is 13.3 Å². The van der Waals surface area contributed by atoms with Crippen molar-refractivity contribution in [3.05, 3.63) is 21.4 Å². The van der Waals surface area contributed by atoms with Crippen LogP contribution in [-0.2, 0) is 12.8 Å². The monoisotopic (exact) mass is 320 g/mol. The zero-order valence-corrected chi connectivity index (χ0v) is 14.5. The molecular weight excluding hydrogens is 292 g/mol. The molecule has 22 heavy (non-hydrogen) atoms. The van der Waals surface area contributed by atoms with Crippen molar-refractivity contribution in [1.29, 1.82) is 0 Å². The number of aryl methyl sites for hydroxylation is 2. The lowest BCUT2D eigenvalue weighted by Gasteiger charge is -2.31. The number of amides is 1. The summed E-state index contributed by atoms with van der Waals surface area (Å²) in [6, 6.07) is 2.52. The van der Waals surface area contributed by atoms with Crippen molar-refractivity contribution in [2.24, 2.45) is 0 Å². The van der Waals surface area contributed by atoms with Crippen LogP contribution in [0.4, 0.5) is 0 Å². The summed E-state index contributed by atoms with van der Waals surface area (Å²) in [5.74, 6) is 0.159. The van der Waals surface area contributed by atoms with Gasteiger partial charge in [0.25, 0.3) is 5.91 Å². The molecule has 4 heteroatoms. The second-order valence-corrected chi connectivity index (χ2v) is 7.85. The van der Waals surface area contributed by atoms with Gasteiger partial charge in [-0.25, -0.2) is 0 Å². The van der Waals surface area contributed by atoms with Gasteiger partial charge in [-0.05, 0) is 63.1 Å². The van der Waals surface area contributed by atoms with Crippen LogP contribution in [0.2, 0.25) is 0 Å². The second-order valence-electron chi connectivity index (χ2n) is 6.71. The highest BCUT2D eigenvalue weighted by Gasteiger charge is 2.22. The van der Waals surface area contributed by atoms with Crippen LogP contribution in [0.15, 0.2) is 6.07 Å². The van der Waals surface area contributed by atoms with E-state index in [2.05, 4.69) is 23.2 Å². The molecule has 3 nitrogen and oxygen atoms in total. The van der Waals surface area contributed by atoms with Crippen LogP contribution in [0, 0.1) is 0 Å². The lowest BCUT2D eigenvalue weighted by Crippen LogP contribution is -2.44. The molecule has 1 aromatic heterocycles. The van der Waals surface area contributed by atoms with Crippen LogP contribution in [0.25, 0.3) is 0 Å². The summed E-state index contributed by atoms with van der Waals surface area (Å²) in [7, 11) is 0. The molecular formula is C18H28N2OS. The van der Waals surface area contributed by atoms with E-state index in [1.807, 2.05) is 0 Å². The highest BCUT2D eigenvalue weighted by atomic mass is 32.1. The van der Waals surface area contributed by atoms with E-state index in [-0.39, 0.29) is 5.91 Å². The number of rotatable bonds is 4. The molecule has 2 aliphatic rings. The normalized spacial score (nSPS) is 20.4. The Hall–Kier alpha value is -0.870. The van der Waals surface area contributed by atoms with Gasteiger partial charge >= 0.3 is 0 Å². The lowest BCUT2D eigenvalue weighted by molar-refractivity contribution is 0.0915. The van der Waals surface area contributed by atoms with Gasteiger partial charge in [0.15, 0.2) is 0 Å². The molecule has 0 aromatic carbocycles. The maximum atomic E-state index is 12.5. The molecule has 1 amide bonds. The van der Waals surface area contributed by atoms with E-state index in [0.29, 0.717) is 6.04 Å². The number of carbonyl (C=O) groups is 1. The Morgan fingerprint density at radius 2 is 2.05 bits per heavy atom. The van der Waals surface area contributed by atoms with Crippen molar-refractivity contribution in [3.63, 3.8) is 0 Å². The average Bonchev–Trinajstić information content (AvgIpc) is 2.81. The maximum absolute atomic E-state index is 12.5. The number of hydrogen-bond donors (Lipinski definition) is 1. The molecule has 0 radical (unpaired) electrons. The number of carbonyl (C=O) groups excluding carboxylic acids is 1. The van der Waals surface area contributed by atoms with Crippen LogP contribution < -0.4 is 5.32 Å².